The van der Waals surface area contributed by atoms with Gasteiger partial charge in [-0.2, -0.15) is 0 Å². The normalized spacial score (nSPS) is 21.6. The van der Waals surface area contributed by atoms with Gasteiger partial charge in [0.25, 0.3) is 5.91 Å². The highest BCUT2D eigenvalue weighted by molar-refractivity contribution is 7.91. The first-order chi connectivity index (χ1) is 12.3. The number of likely N-dealkylation sites (tertiary alicyclic amines) is 1. The summed E-state index contributed by atoms with van der Waals surface area (Å²) < 4.78 is 22.8. The monoisotopic (exact) mass is 379 g/mol. The van der Waals surface area contributed by atoms with Crippen LogP contribution in [0, 0.1) is 5.92 Å². The fraction of sp³-hybridized carbons (Fsp3) is 0.471. The molecule has 3 amide bonds. The second-order valence-corrected chi connectivity index (χ2v) is 8.89. The Hall–Kier alpha value is -2.42. The average molecular weight is 379 g/mol. The van der Waals surface area contributed by atoms with E-state index < -0.39 is 27.6 Å². The number of hydrogen-bond acceptors (Lipinski definition) is 5. The van der Waals surface area contributed by atoms with E-state index in [1.807, 2.05) is 0 Å². The molecule has 0 aromatic heterocycles. The van der Waals surface area contributed by atoms with E-state index in [1.165, 1.54) is 0 Å². The van der Waals surface area contributed by atoms with E-state index in [0.29, 0.717) is 18.5 Å². The van der Waals surface area contributed by atoms with Gasteiger partial charge in [-0.3, -0.25) is 25.2 Å². The van der Waals surface area contributed by atoms with Gasteiger partial charge in [0.1, 0.15) is 0 Å². The topological polar surface area (TPSA) is 113 Å². The van der Waals surface area contributed by atoms with E-state index in [1.54, 1.807) is 29.2 Å². The molecule has 2 heterocycles. The number of amides is 3. The summed E-state index contributed by atoms with van der Waals surface area (Å²) in [6.07, 6.45) is 1.73. The standard InChI is InChI=1S/C17H21N3O5S/c21-15-2-1-8-20(15)10-12-3-5-13(6-4-12)16(22)18-19-17(23)14-7-9-26(24,25)11-14/h3-6,14H,1-2,7-11H2,(H,18,22)(H,19,23)/t14-/m0/s1. The van der Waals surface area contributed by atoms with Crippen molar-refractivity contribution in [3.63, 3.8) is 0 Å². The van der Waals surface area contributed by atoms with Gasteiger partial charge < -0.3 is 4.90 Å². The van der Waals surface area contributed by atoms with E-state index in [2.05, 4.69) is 10.9 Å². The molecule has 0 aliphatic carbocycles. The van der Waals surface area contributed by atoms with Gasteiger partial charge in [0, 0.05) is 25.1 Å². The molecule has 9 heteroatoms. The molecule has 0 bridgehead atoms. The molecule has 2 N–H and O–H groups in total. The minimum Gasteiger partial charge on any atom is -0.338 e. The fourth-order valence-electron chi connectivity index (χ4n) is 3.15. The SMILES string of the molecule is O=C(NNC(=O)[C@H]1CCS(=O)(=O)C1)c1ccc(CN2CCCC2=O)cc1. The number of nitrogens with zero attached hydrogens (tertiary/aromatic N) is 1. The molecule has 8 nitrogen and oxygen atoms in total. The second-order valence-electron chi connectivity index (χ2n) is 6.66. The number of benzene rings is 1. The molecule has 0 spiro atoms. The van der Waals surface area contributed by atoms with E-state index in [4.69, 9.17) is 0 Å². The molecule has 3 rings (SSSR count). The van der Waals surface area contributed by atoms with Crippen LogP contribution in [0.5, 0.6) is 0 Å². The number of carbonyl (C=O) groups is 3. The number of carbonyl (C=O) groups excluding carboxylic acids is 3. The highest BCUT2D eigenvalue weighted by Crippen LogP contribution is 2.18. The Balaban J connectivity index is 1.50. The van der Waals surface area contributed by atoms with Crippen LogP contribution in [0.1, 0.15) is 35.2 Å². The third-order valence-electron chi connectivity index (χ3n) is 4.66. The fourth-order valence-corrected chi connectivity index (χ4v) is 4.89. The average Bonchev–Trinajstić information content (AvgIpc) is 3.18. The lowest BCUT2D eigenvalue weighted by Crippen LogP contribution is -2.44. The maximum absolute atomic E-state index is 12.1. The number of nitrogens with one attached hydrogen (secondary N) is 2. The van der Waals surface area contributed by atoms with Crippen molar-refractivity contribution in [3.05, 3.63) is 35.4 Å². The smallest absolute Gasteiger partial charge is 0.269 e. The highest BCUT2D eigenvalue weighted by atomic mass is 32.2. The lowest BCUT2D eigenvalue weighted by atomic mass is 10.1. The quantitative estimate of drug-likeness (QED) is 0.716. The van der Waals surface area contributed by atoms with Gasteiger partial charge in [0.15, 0.2) is 9.84 Å². The molecule has 1 aromatic carbocycles. The number of hydrazine groups is 1. The summed E-state index contributed by atoms with van der Waals surface area (Å²) in [6.45, 7) is 1.28. The Morgan fingerprint density at radius 3 is 2.46 bits per heavy atom. The van der Waals surface area contributed by atoms with Crippen LogP contribution in [-0.2, 0) is 26.0 Å². The van der Waals surface area contributed by atoms with Crippen LogP contribution >= 0.6 is 0 Å². The minimum atomic E-state index is -3.15. The number of hydrogen-bond donors (Lipinski definition) is 2. The molecule has 2 saturated heterocycles. The molecule has 0 unspecified atom stereocenters. The molecule has 2 aliphatic rings. The maximum atomic E-state index is 12.1. The molecule has 140 valence electrons. The van der Waals surface area contributed by atoms with E-state index in [-0.39, 0.29) is 23.8 Å². The largest absolute Gasteiger partial charge is 0.338 e. The first-order valence-corrected chi connectivity index (χ1v) is 10.3. The zero-order valence-electron chi connectivity index (χ0n) is 14.2. The molecule has 26 heavy (non-hydrogen) atoms. The van der Waals surface area contributed by atoms with Crippen molar-refractivity contribution in [2.24, 2.45) is 5.92 Å². The van der Waals surface area contributed by atoms with Crippen LogP contribution in [0.25, 0.3) is 0 Å². The van der Waals surface area contributed by atoms with Gasteiger partial charge in [-0.25, -0.2) is 8.42 Å². The van der Waals surface area contributed by atoms with Gasteiger partial charge in [0.05, 0.1) is 17.4 Å². The van der Waals surface area contributed by atoms with Gasteiger partial charge in [0.2, 0.25) is 11.8 Å². The van der Waals surface area contributed by atoms with E-state index in [9.17, 15) is 22.8 Å². The molecular weight excluding hydrogens is 358 g/mol. The third kappa shape index (κ3) is 4.40. The van der Waals surface area contributed by atoms with Crippen LogP contribution < -0.4 is 10.9 Å². The summed E-state index contributed by atoms with van der Waals surface area (Å²) in [4.78, 5) is 37.4. The zero-order chi connectivity index (χ0) is 18.7. The Bertz CT molecular complexity index is 819. The summed E-state index contributed by atoms with van der Waals surface area (Å²) in [5.74, 6) is -1.64. The Labute approximate surface area is 151 Å². The van der Waals surface area contributed by atoms with E-state index in [0.717, 1.165) is 18.5 Å². The van der Waals surface area contributed by atoms with Crippen LogP contribution in [0.15, 0.2) is 24.3 Å². The summed E-state index contributed by atoms with van der Waals surface area (Å²) in [7, 11) is -3.15. The number of sulfone groups is 1. The highest BCUT2D eigenvalue weighted by Gasteiger charge is 2.33. The van der Waals surface area contributed by atoms with Crippen molar-refractivity contribution >= 4 is 27.6 Å². The first kappa shape index (κ1) is 18.4. The van der Waals surface area contributed by atoms with Gasteiger partial charge in [-0.15, -0.1) is 0 Å². The van der Waals surface area contributed by atoms with Crippen molar-refractivity contribution in [1.82, 2.24) is 15.8 Å². The molecule has 0 saturated carbocycles. The zero-order valence-corrected chi connectivity index (χ0v) is 15.0. The van der Waals surface area contributed by atoms with Crippen LogP contribution in [0.4, 0.5) is 0 Å². The van der Waals surface area contributed by atoms with Crippen molar-refractivity contribution in [3.8, 4) is 0 Å². The van der Waals surface area contributed by atoms with Crippen molar-refractivity contribution in [1.29, 1.82) is 0 Å². The molecular formula is C17H21N3O5S. The molecule has 1 atom stereocenters. The lowest BCUT2D eigenvalue weighted by Gasteiger charge is -2.15. The second kappa shape index (κ2) is 7.45. The maximum Gasteiger partial charge on any atom is 0.269 e. The predicted molar refractivity (Wildman–Crippen MR) is 93.5 cm³/mol. The Morgan fingerprint density at radius 1 is 1.15 bits per heavy atom. The van der Waals surface area contributed by atoms with Crippen molar-refractivity contribution in [2.75, 3.05) is 18.1 Å². The van der Waals surface area contributed by atoms with Crippen LogP contribution in [-0.4, -0.2) is 49.1 Å². The summed E-state index contributed by atoms with van der Waals surface area (Å²) in [6, 6.07) is 6.78. The van der Waals surface area contributed by atoms with Crippen molar-refractivity contribution in [2.45, 2.75) is 25.8 Å². The summed E-state index contributed by atoms with van der Waals surface area (Å²) in [5, 5.41) is 0. The predicted octanol–water partition coefficient (Wildman–Crippen LogP) is 0.00470. The van der Waals surface area contributed by atoms with Gasteiger partial charge in [-0.05, 0) is 30.5 Å². The first-order valence-electron chi connectivity index (χ1n) is 8.51. The van der Waals surface area contributed by atoms with Crippen molar-refractivity contribution < 1.29 is 22.8 Å². The molecule has 0 radical (unpaired) electrons. The van der Waals surface area contributed by atoms with Gasteiger partial charge >= 0.3 is 0 Å². The van der Waals surface area contributed by atoms with Gasteiger partial charge in [-0.1, -0.05) is 12.1 Å². The number of rotatable bonds is 4. The molecule has 1 aromatic rings. The summed E-state index contributed by atoms with van der Waals surface area (Å²) in [5.41, 5.74) is 5.88. The molecule has 2 fully saturated rings. The third-order valence-corrected chi connectivity index (χ3v) is 6.43. The van der Waals surface area contributed by atoms with Crippen LogP contribution in [0.2, 0.25) is 0 Å². The van der Waals surface area contributed by atoms with Crippen LogP contribution in [0.3, 0.4) is 0 Å². The lowest BCUT2D eigenvalue weighted by molar-refractivity contribution is -0.128. The summed E-state index contributed by atoms with van der Waals surface area (Å²) >= 11 is 0. The minimum absolute atomic E-state index is 0.0000157. The Morgan fingerprint density at radius 2 is 1.88 bits per heavy atom. The Kier molecular flexibility index (Phi) is 5.26. The molecule has 2 aliphatic heterocycles. The van der Waals surface area contributed by atoms with E-state index >= 15 is 0 Å².